The molecule has 5 rings (SSSR count). The van der Waals surface area contributed by atoms with Crippen molar-refractivity contribution in [3.05, 3.63) is 60.8 Å². The number of hydrogen-bond donors (Lipinski definition) is 1. The number of para-hydroxylation sites is 1. The highest BCUT2D eigenvalue weighted by molar-refractivity contribution is 5.91. The monoisotopic (exact) mass is 445 g/mol. The number of phenols is 1. The number of phenolic OH excluding ortho intramolecular Hbond substituents is 1. The molecular formula is C26H31N5O2. The maximum absolute atomic E-state index is 13.4. The van der Waals surface area contributed by atoms with Crippen molar-refractivity contribution in [3.8, 4) is 5.75 Å². The summed E-state index contributed by atoms with van der Waals surface area (Å²) in [4.78, 5) is 22.3. The second-order valence-corrected chi connectivity index (χ2v) is 8.95. The van der Waals surface area contributed by atoms with Crippen LogP contribution in [0.4, 0.5) is 11.4 Å². The summed E-state index contributed by atoms with van der Waals surface area (Å²) in [6.45, 7) is 4.78. The normalized spacial score (nSPS) is 19.6. The van der Waals surface area contributed by atoms with Crippen LogP contribution in [0.1, 0.15) is 12.8 Å². The van der Waals surface area contributed by atoms with Crippen LogP contribution in [-0.2, 0) is 4.79 Å². The topological polar surface area (TPSA) is 63.2 Å². The van der Waals surface area contributed by atoms with Crippen LogP contribution in [-0.4, -0.2) is 72.2 Å². The predicted octanol–water partition coefficient (Wildman–Crippen LogP) is 3.35. The number of piperazine rings is 1. The molecule has 33 heavy (non-hydrogen) atoms. The summed E-state index contributed by atoms with van der Waals surface area (Å²) >= 11 is 0. The number of pyridine rings is 1. The Morgan fingerprint density at radius 3 is 2.67 bits per heavy atom. The Labute approximate surface area is 194 Å². The van der Waals surface area contributed by atoms with Crippen LogP contribution < -0.4 is 9.91 Å². The molecule has 3 aromatic rings. The van der Waals surface area contributed by atoms with Crippen molar-refractivity contribution in [1.82, 2.24) is 14.9 Å². The second kappa shape index (κ2) is 9.27. The maximum atomic E-state index is 13.4. The van der Waals surface area contributed by atoms with Crippen molar-refractivity contribution in [1.29, 1.82) is 0 Å². The molecule has 2 aliphatic heterocycles. The van der Waals surface area contributed by atoms with Crippen molar-refractivity contribution in [2.45, 2.75) is 12.8 Å². The Bertz CT molecular complexity index is 1120. The van der Waals surface area contributed by atoms with E-state index in [-0.39, 0.29) is 17.6 Å². The highest BCUT2D eigenvalue weighted by atomic mass is 16.3. The zero-order valence-corrected chi connectivity index (χ0v) is 19.1. The van der Waals surface area contributed by atoms with Gasteiger partial charge in [0.05, 0.1) is 17.1 Å². The van der Waals surface area contributed by atoms with Gasteiger partial charge >= 0.3 is 0 Å². The number of carbonyl (C=O) groups is 1. The van der Waals surface area contributed by atoms with Gasteiger partial charge < -0.3 is 19.9 Å². The van der Waals surface area contributed by atoms with E-state index in [1.807, 2.05) is 42.4 Å². The molecule has 2 saturated heterocycles. The van der Waals surface area contributed by atoms with E-state index < -0.39 is 0 Å². The third-order valence-electron chi connectivity index (χ3n) is 6.93. The van der Waals surface area contributed by atoms with Crippen LogP contribution in [0.5, 0.6) is 5.75 Å². The van der Waals surface area contributed by atoms with Crippen LogP contribution in [0.2, 0.25) is 0 Å². The molecule has 172 valence electrons. The second-order valence-electron chi connectivity index (χ2n) is 8.95. The third-order valence-corrected chi connectivity index (χ3v) is 6.93. The molecule has 1 unspecified atom stereocenters. The molecule has 2 fully saturated rings. The zero-order valence-electron chi connectivity index (χ0n) is 19.1. The van der Waals surface area contributed by atoms with E-state index in [4.69, 9.17) is 0 Å². The van der Waals surface area contributed by atoms with E-state index in [1.165, 1.54) is 5.69 Å². The summed E-state index contributed by atoms with van der Waals surface area (Å²) in [6, 6.07) is 17.6. The maximum Gasteiger partial charge on any atom is 0.227 e. The fourth-order valence-electron chi connectivity index (χ4n) is 5.07. The molecule has 0 radical (unpaired) electrons. The zero-order chi connectivity index (χ0) is 22.8. The average Bonchev–Trinajstić information content (AvgIpc) is 2.87. The number of aromatic hydroxyl groups is 1. The van der Waals surface area contributed by atoms with E-state index >= 15 is 0 Å². The molecule has 7 heteroatoms. The van der Waals surface area contributed by atoms with Gasteiger partial charge in [0.25, 0.3) is 0 Å². The molecule has 1 atom stereocenters. The molecule has 0 spiro atoms. The van der Waals surface area contributed by atoms with Crippen molar-refractivity contribution < 1.29 is 9.90 Å². The molecule has 2 aromatic carbocycles. The standard InChI is InChI=1S/C26H31N5O2/c1-28(21-7-4-8-22(32)18-21)31-13-5-6-20(19-31)26(33)30-16-14-29(15-17-30)25-11-12-27-24-10-3-2-9-23(24)25/h2-4,7-12,18,20,32H,5-6,13-17,19H2,1H3. The molecule has 2 aliphatic rings. The number of anilines is 2. The van der Waals surface area contributed by atoms with Crippen LogP contribution in [0.3, 0.4) is 0 Å². The van der Waals surface area contributed by atoms with Gasteiger partial charge in [0, 0.05) is 69.7 Å². The summed E-state index contributed by atoms with van der Waals surface area (Å²) in [5.74, 6) is 0.527. The smallest absolute Gasteiger partial charge is 0.227 e. The van der Waals surface area contributed by atoms with Crippen LogP contribution in [0.25, 0.3) is 10.9 Å². The van der Waals surface area contributed by atoms with Gasteiger partial charge in [0.15, 0.2) is 0 Å². The average molecular weight is 446 g/mol. The molecule has 1 aromatic heterocycles. The minimum absolute atomic E-state index is 0.00631. The molecule has 3 heterocycles. The number of amides is 1. The van der Waals surface area contributed by atoms with Gasteiger partial charge in [0.1, 0.15) is 5.75 Å². The first-order chi connectivity index (χ1) is 16.1. The number of nitrogens with zero attached hydrogens (tertiary/aromatic N) is 5. The number of piperidine rings is 1. The van der Waals surface area contributed by atoms with E-state index in [0.717, 1.165) is 62.2 Å². The molecule has 1 N–H and O–H groups in total. The quantitative estimate of drug-likeness (QED) is 0.665. The summed E-state index contributed by atoms with van der Waals surface area (Å²) in [5, 5.41) is 15.3. The number of aromatic nitrogens is 1. The largest absolute Gasteiger partial charge is 0.508 e. The van der Waals surface area contributed by atoms with Gasteiger partial charge in [-0.2, -0.15) is 0 Å². The van der Waals surface area contributed by atoms with Crippen LogP contribution in [0, 0.1) is 5.92 Å². The van der Waals surface area contributed by atoms with E-state index in [1.54, 1.807) is 12.1 Å². The number of carbonyl (C=O) groups excluding carboxylic acids is 1. The van der Waals surface area contributed by atoms with Crippen LogP contribution >= 0.6 is 0 Å². The lowest BCUT2D eigenvalue weighted by Crippen LogP contribution is -2.54. The summed E-state index contributed by atoms with van der Waals surface area (Å²) in [5.41, 5.74) is 3.14. The summed E-state index contributed by atoms with van der Waals surface area (Å²) in [6.07, 6.45) is 3.79. The Hall–Kier alpha value is -3.32. The fraction of sp³-hybridized carbons (Fsp3) is 0.385. The molecule has 0 saturated carbocycles. The lowest BCUT2D eigenvalue weighted by atomic mass is 9.97. The Morgan fingerprint density at radius 1 is 1.03 bits per heavy atom. The minimum Gasteiger partial charge on any atom is -0.508 e. The SMILES string of the molecule is CN(c1cccc(O)c1)N1CCCC(C(=O)N2CCN(c3ccnc4ccccc34)CC2)C1. The Morgan fingerprint density at radius 2 is 1.85 bits per heavy atom. The number of hydrazine groups is 1. The van der Waals surface area contributed by atoms with Crippen molar-refractivity contribution in [2.24, 2.45) is 5.92 Å². The van der Waals surface area contributed by atoms with Gasteiger partial charge in [-0.05, 0) is 37.1 Å². The Kier molecular flexibility index (Phi) is 6.05. The first-order valence-electron chi connectivity index (χ1n) is 11.8. The van der Waals surface area contributed by atoms with Crippen LogP contribution in [0.15, 0.2) is 60.8 Å². The van der Waals surface area contributed by atoms with E-state index in [9.17, 15) is 9.90 Å². The number of hydrogen-bond acceptors (Lipinski definition) is 6. The molecule has 7 nitrogen and oxygen atoms in total. The first kappa shape index (κ1) is 21.5. The lowest BCUT2D eigenvalue weighted by Gasteiger charge is -2.42. The van der Waals surface area contributed by atoms with E-state index in [0.29, 0.717) is 6.54 Å². The third kappa shape index (κ3) is 4.46. The Balaban J connectivity index is 1.22. The highest BCUT2D eigenvalue weighted by Gasteiger charge is 2.32. The van der Waals surface area contributed by atoms with Gasteiger partial charge in [-0.3, -0.25) is 9.78 Å². The van der Waals surface area contributed by atoms with Crippen molar-refractivity contribution >= 4 is 28.2 Å². The fourth-order valence-corrected chi connectivity index (χ4v) is 5.07. The molecule has 1 amide bonds. The summed E-state index contributed by atoms with van der Waals surface area (Å²) < 4.78 is 0. The lowest BCUT2D eigenvalue weighted by molar-refractivity contribution is -0.137. The van der Waals surface area contributed by atoms with Gasteiger partial charge in [-0.25, -0.2) is 5.01 Å². The number of rotatable bonds is 4. The van der Waals surface area contributed by atoms with Gasteiger partial charge in [0.2, 0.25) is 5.91 Å². The van der Waals surface area contributed by atoms with Crippen molar-refractivity contribution in [2.75, 3.05) is 56.2 Å². The number of fused-ring (bicyclic) bond motifs is 1. The van der Waals surface area contributed by atoms with Gasteiger partial charge in [-0.1, -0.05) is 24.3 Å². The predicted molar refractivity (Wildman–Crippen MR) is 131 cm³/mol. The van der Waals surface area contributed by atoms with E-state index in [2.05, 4.69) is 38.1 Å². The number of benzene rings is 2. The summed E-state index contributed by atoms with van der Waals surface area (Å²) in [7, 11) is 2.00. The minimum atomic E-state index is 0.00631. The van der Waals surface area contributed by atoms with Gasteiger partial charge in [-0.15, -0.1) is 0 Å². The first-order valence-corrected chi connectivity index (χ1v) is 11.8. The van der Waals surface area contributed by atoms with Crippen molar-refractivity contribution in [3.63, 3.8) is 0 Å². The molecule has 0 aliphatic carbocycles. The molecule has 0 bridgehead atoms. The molecular weight excluding hydrogens is 414 g/mol. The highest BCUT2D eigenvalue weighted by Crippen LogP contribution is 2.28.